The van der Waals surface area contributed by atoms with Crippen molar-refractivity contribution in [2.24, 2.45) is 0 Å². The summed E-state index contributed by atoms with van der Waals surface area (Å²) < 4.78 is 1.80. The van der Waals surface area contributed by atoms with Gasteiger partial charge in [0.2, 0.25) is 11.1 Å². The molecule has 0 spiro atoms. The third kappa shape index (κ3) is 3.61. The van der Waals surface area contributed by atoms with Gasteiger partial charge in [0.15, 0.2) is 0 Å². The third-order valence-electron chi connectivity index (χ3n) is 4.58. The quantitative estimate of drug-likeness (QED) is 0.745. The molecule has 2 aliphatic rings. The molecule has 1 aliphatic carbocycles. The molecule has 1 atom stereocenters. The second-order valence-electron chi connectivity index (χ2n) is 6.54. The van der Waals surface area contributed by atoms with Gasteiger partial charge < -0.3 is 0 Å². The molecule has 2 amide bonds. The molecule has 0 bridgehead atoms. The van der Waals surface area contributed by atoms with Crippen LogP contribution in [0.1, 0.15) is 48.5 Å². The molecule has 1 aromatic heterocycles. The molecule has 0 N–H and O–H groups in total. The summed E-state index contributed by atoms with van der Waals surface area (Å²) in [6.07, 6.45) is 4.54. The van der Waals surface area contributed by atoms with E-state index in [-0.39, 0.29) is 17.1 Å². The van der Waals surface area contributed by atoms with Crippen LogP contribution in [0.2, 0.25) is 5.02 Å². The van der Waals surface area contributed by atoms with Gasteiger partial charge in [-0.1, -0.05) is 29.8 Å². The van der Waals surface area contributed by atoms with Crippen molar-refractivity contribution >= 4 is 35.2 Å². The van der Waals surface area contributed by atoms with E-state index < -0.39 is 0 Å². The fourth-order valence-corrected chi connectivity index (χ4v) is 4.28. The summed E-state index contributed by atoms with van der Waals surface area (Å²) in [5.41, 5.74) is 0.469. The highest BCUT2D eigenvalue weighted by atomic mass is 35.5. The normalized spacial score (nSPS) is 20.9. The lowest BCUT2D eigenvalue weighted by molar-refractivity contribution is -0.127. The number of hydrogen-bond acceptors (Lipinski definition) is 6. The third-order valence-corrected chi connectivity index (χ3v) is 6.03. The number of rotatable bonds is 4. The summed E-state index contributed by atoms with van der Waals surface area (Å²) in [6.45, 7) is 0.435. The first kappa shape index (κ1) is 17.5. The second kappa shape index (κ2) is 7.36. The van der Waals surface area contributed by atoms with Gasteiger partial charge in [-0.05, 0) is 60.4 Å². The van der Waals surface area contributed by atoms with Crippen molar-refractivity contribution in [1.29, 1.82) is 0 Å². The molecule has 4 rings (SSSR count). The predicted molar refractivity (Wildman–Crippen MR) is 97.1 cm³/mol. The summed E-state index contributed by atoms with van der Waals surface area (Å²) in [4.78, 5) is 27.2. The van der Waals surface area contributed by atoms with Crippen LogP contribution in [0.4, 0.5) is 0 Å². The van der Waals surface area contributed by atoms with Crippen LogP contribution >= 0.6 is 23.4 Å². The van der Waals surface area contributed by atoms with E-state index in [9.17, 15) is 9.59 Å². The van der Waals surface area contributed by atoms with Crippen LogP contribution in [0, 0.1) is 0 Å². The summed E-state index contributed by atoms with van der Waals surface area (Å²) in [5, 5.41) is 12.7. The van der Waals surface area contributed by atoms with Crippen LogP contribution < -0.4 is 0 Å². The molecule has 2 heterocycles. The molecule has 2 aromatic rings. The number of halogens is 1. The first-order chi connectivity index (χ1) is 12.6. The molecule has 9 heteroatoms. The number of nitrogens with zero attached hydrogens (tertiary/aromatic N) is 5. The maximum absolute atomic E-state index is 13.0. The number of carbonyl (C=O) groups excluding carboxylic acids is 2. The minimum absolute atomic E-state index is 0.169. The number of thioether (sulfide) groups is 1. The Morgan fingerprint density at radius 2 is 1.92 bits per heavy atom. The van der Waals surface area contributed by atoms with E-state index in [2.05, 4.69) is 15.5 Å². The van der Waals surface area contributed by atoms with E-state index in [0.717, 1.165) is 25.7 Å². The SMILES string of the molecule is O=C(c1ccc(Cl)cc1)N1CCCC[C@H](Sc2nnnn2C2CC2)C1=O. The zero-order valence-electron chi connectivity index (χ0n) is 14.0. The van der Waals surface area contributed by atoms with Gasteiger partial charge in [0.1, 0.15) is 0 Å². The summed E-state index contributed by atoms with van der Waals surface area (Å²) in [6, 6.07) is 6.97. The van der Waals surface area contributed by atoms with Crippen molar-refractivity contribution in [2.45, 2.75) is 48.6 Å². The minimum atomic E-state index is -0.350. The van der Waals surface area contributed by atoms with Crippen molar-refractivity contribution < 1.29 is 9.59 Å². The Labute approximate surface area is 160 Å². The highest BCUT2D eigenvalue weighted by Gasteiger charge is 2.35. The van der Waals surface area contributed by atoms with Gasteiger partial charge >= 0.3 is 0 Å². The summed E-state index contributed by atoms with van der Waals surface area (Å²) in [7, 11) is 0. The Hall–Kier alpha value is -1.93. The number of aromatic nitrogens is 4. The lowest BCUT2D eigenvalue weighted by Crippen LogP contribution is -2.41. The standard InChI is InChI=1S/C17H18ClN5O2S/c18-12-6-4-11(5-7-12)15(24)22-10-2-1-3-14(16(22)25)26-17-19-20-21-23(17)13-8-9-13/h4-7,13-14H,1-3,8-10H2/t14-/m0/s1. The molecule has 136 valence electrons. The Balaban J connectivity index is 1.53. The fourth-order valence-electron chi connectivity index (χ4n) is 3.00. The Morgan fingerprint density at radius 1 is 1.15 bits per heavy atom. The van der Waals surface area contributed by atoms with Crippen LogP contribution in [0.25, 0.3) is 0 Å². The highest BCUT2D eigenvalue weighted by molar-refractivity contribution is 8.00. The average molecular weight is 392 g/mol. The van der Waals surface area contributed by atoms with Crippen molar-refractivity contribution in [1.82, 2.24) is 25.1 Å². The molecular formula is C17H18ClN5O2S. The second-order valence-corrected chi connectivity index (χ2v) is 8.15. The topological polar surface area (TPSA) is 81.0 Å². The fraction of sp³-hybridized carbons (Fsp3) is 0.471. The van der Waals surface area contributed by atoms with Crippen LogP contribution in [-0.2, 0) is 4.79 Å². The monoisotopic (exact) mass is 391 g/mol. The van der Waals surface area contributed by atoms with E-state index >= 15 is 0 Å². The first-order valence-electron chi connectivity index (χ1n) is 8.69. The molecule has 1 aromatic carbocycles. The Morgan fingerprint density at radius 3 is 2.65 bits per heavy atom. The van der Waals surface area contributed by atoms with Crippen LogP contribution in [-0.4, -0.2) is 48.7 Å². The van der Waals surface area contributed by atoms with Gasteiger partial charge in [-0.2, -0.15) is 0 Å². The lowest BCUT2D eigenvalue weighted by atomic mass is 10.2. The van der Waals surface area contributed by atoms with E-state index in [1.54, 1.807) is 28.9 Å². The van der Waals surface area contributed by atoms with Crippen molar-refractivity contribution in [3.05, 3.63) is 34.9 Å². The zero-order valence-corrected chi connectivity index (χ0v) is 15.6. The van der Waals surface area contributed by atoms with Gasteiger partial charge in [0.25, 0.3) is 5.91 Å². The Bertz CT molecular complexity index is 821. The summed E-state index contributed by atoms with van der Waals surface area (Å²) in [5.74, 6) is -0.446. The molecular weight excluding hydrogens is 374 g/mol. The van der Waals surface area contributed by atoms with Crippen molar-refractivity contribution in [3.63, 3.8) is 0 Å². The maximum Gasteiger partial charge on any atom is 0.260 e. The minimum Gasteiger partial charge on any atom is -0.278 e. The lowest BCUT2D eigenvalue weighted by Gasteiger charge is -2.22. The molecule has 26 heavy (non-hydrogen) atoms. The average Bonchev–Trinajstić information content (AvgIpc) is 3.41. The van der Waals surface area contributed by atoms with E-state index in [0.29, 0.717) is 34.7 Å². The number of tetrazole rings is 1. The maximum atomic E-state index is 13.0. The van der Waals surface area contributed by atoms with E-state index in [4.69, 9.17) is 11.6 Å². The van der Waals surface area contributed by atoms with Gasteiger partial charge in [-0.25, -0.2) is 4.68 Å². The number of hydrogen-bond donors (Lipinski definition) is 0. The molecule has 1 aliphatic heterocycles. The number of imide groups is 1. The van der Waals surface area contributed by atoms with Gasteiger partial charge in [-0.3, -0.25) is 14.5 Å². The number of likely N-dealkylation sites (tertiary alicyclic amines) is 1. The number of benzene rings is 1. The van der Waals surface area contributed by atoms with E-state index in [1.807, 2.05) is 0 Å². The largest absolute Gasteiger partial charge is 0.278 e. The van der Waals surface area contributed by atoms with Gasteiger partial charge in [0, 0.05) is 17.1 Å². The van der Waals surface area contributed by atoms with Crippen LogP contribution in [0.3, 0.4) is 0 Å². The molecule has 7 nitrogen and oxygen atoms in total. The van der Waals surface area contributed by atoms with Gasteiger partial charge in [0.05, 0.1) is 11.3 Å². The zero-order chi connectivity index (χ0) is 18.1. The molecule has 0 unspecified atom stereocenters. The molecule has 0 radical (unpaired) electrons. The summed E-state index contributed by atoms with van der Waals surface area (Å²) >= 11 is 7.26. The Kier molecular flexibility index (Phi) is 4.95. The number of carbonyl (C=O) groups is 2. The van der Waals surface area contributed by atoms with Crippen molar-refractivity contribution in [3.8, 4) is 0 Å². The highest BCUT2D eigenvalue weighted by Crippen LogP contribution is 2.38. The van der Waals surface area contributed by atoms with Crippen LogP contribution in [0.15, 0.2) is 29.4 Å². The predicted octanol–water partition coefficient (Wildman–Crippen LogP) is 2.97. The number of amides is 2. The molecule has 1 saturated heterocycles. The first-order valence-corrected chi connectivity index (χ1v) is 9.95. The van der Waals surface area contributed by atoms with Crippen LogP contribution in [0.5, 0.6) is 0 Å². The van der Waals surface area contributed by atoms with E-state index in [1.165, 1.54) is 16.7 Å². The smallest absolute Gasteiger partial charge is 0.260 e. The van der Waals surface area contributed by atoms with Gasteiger partial charge in [-0.15, -0.1) is 5.10 Å². The van der Waals surface area contributed by atoms with Crippen molar-refractivity contribution in [2.75, 3.05) is 6.54 Å². The molecule has 2 fully saturated rings. The molecule has 1 saturated carbocycles.